The Morgan fingerprint density at radius 1 is 0.711 bits per heavy atom. The lowest BCUT2D eigenvalue weighted by Crippen LogP contribution is -2.58. The number of nitrogens with two attached hydrogens (primary N) is 1. The second kappa shape index (κ2) is 16.2. The van der Waals surface area contributed by atoms with Crippen LogP contribution in [0.5, 0.6) is 0 Å². The van der Waals surface area contributed by atoms with Crippen molar-refractivity contribution in [2.75, 3.05) is 6.54 Å². The van der Waals surface area contributed by atoms with Crippen LogP contribution in [0.15, 0.2) is 0 Å². The molecule has 0 aliphatic heterocycles. The first-order valence-corrected chi connectivity index (χ1v) is 12.1. The Morgan fingerprint density at radius 2 is 1.24 bits per heavy atom. The van der Waals surface area contributed by atoms with Crippen molar-refractivity contribution in [1.82, 2.24) is 26.6 Å². The molecule has 0 aromatic rings. The fourth-order valence-electron chi connectivity index (χ4n) is 3.12. The molecule has 0 aliphatic carbocycles. The molecule has 9 N–H and O–H groups in total. The van der Waals surface area contributed by atoms with Crippen molar-refractivity contribution in [3.8, 4) is 0 Å². The zero-order valence-corrected chi connectivity index (χ0v) is 22.5. The van der Waals surface area contributed by atoms with Crippen molar-refractivity contribution >= 4 is 41.5 Å². The Morgan fingerprint density at radius 3 is 1.71 bits per heavy atom. The standard InChI is InChI=1S/C23H40N6O9/c1-10(2)7-14(24)21(35)26-13(6)20(34)29-18(11(3)4)22(36)27-12(5)19(33)25-9-16(30)28-15(23(37)38)8-17(31)32/h10-15,18H,7-9,24H2,1-6H3,(H,25,33)(H,26,35)(H,27,36)(H,28,30)(H,29,34)(H,31,32)(H,37,38)/t12-,13-,14-,15-,18-/m0/s1. The maximum atomic E-state index is 12.8. The highest BCUT2D eigenvalue weighted by Crippen LogP contribution is 2.05. The molecular formula is C23H40N6O9. The predicted molar refractivity (Wildman–Crippen MR) is 134 cm³/mol. The Labute approximate surface area is 221 Å². The van der Waals surface area contributed by atoms with Gasteiger partial charge in [0.05, 0.1) is 19.0 Å². The van der Waals surface area contributed by atoms with Crippen LogP contribution in [0.4, 0.5) is 0 Å². The van der Waals surface area contributed by atoms with Gasteiger partial charge in [0.1, 0.15) is 24.2 Å². The third kappa shape index (κ3) is 13.0. The minimum absolute atomic E-state index is 0.182. The van der Waals surface area contributed by atoms with E-state index in [9.17, 15) is 33.6 Å². The van der Waals surface area contributed by atoms with Crippen LogP contribution in [0, 0.1) is 11.8 Å². The first-order chi connectivity index (χ1) is 17.5. The minimum atomic E-state index is -1.68. The molecule has 0 radical (unpaired) electrons. The van der Waals surface area contributed by atoms with E-state index < -0.39 is 90.6 Å². The largest absolute Gasteiger partial charge is 0.481 e. The van der Waals surface area contributed by atoms with Crippen molar-refractivity contribution in [1.29, 1.82) is 0 Å². The maximum Gasteiger partial charge on any atom is 0.326 e. The third-order valence-corrected chi connectivity index (χ3v) is 5.25. The second-order valence-corrected chi connectivity index (χ2v) is 9.70. The molecule has 0 saturated heterocycles. The number of hydrogen-bond acceptors (Lipinski definition) is 8. The molecule has 15 nitrogen and oxygen atoms in total. The lowest BCUT2D eigenvalue weighted by Gasteiger charge is -2.26. The summed E-state index contributed by atoms with van der Waals surface area (Å²) >= 11 is 0. The molecule has 0 heterocycles. The van der Waals surface area contributed by atoms with Crippen molar-refractivity contribution < 1.29 is 43.8 Å². The number of amides is 5. The number of aliphatic carboxylic acids is 2. The normalized spacial score (nSPS) is 14.9. The first-order valence-electron chi connectivity index (χ1n) is 12.1. The highest BCUT2D eigenvalue weighted by molar-refractivity contribution is 5.95. The Balaban J connectivity index is 4.93. The number of hydrogen-bond donors (Lipinski definition) is 8. The summed E-state index contributed by atoms with van der Waals surface area (Å²) in [6.07, 6.45) is -0.419. The van der Waals surface area contributed by atoms with Gasteiger partial charge in [-0.3, -0.25) is 28.8 Å². The lowest BCUT2D eigenvalue weighted by atomic mass is 10.0. The summed E-state index contributed by atoms with van der Waals surface area (Å²) in [6.45, 7) is 9.24. The molecule has 0 bridgehead atoms. The van der Waals surface area contributed by atoms with Gasteiger partial charge in [0, 0.05) is 0 Å². The summed E-state index contributed by atoms with van der Waals surface area (Å²) in [7, 11) is 0. The van der Waals surface area contributed by atoms with Crippen LogP contribution < -0.4 is 32.3 Å². The molecule has 0 aliphatic rings. The number of carbonyl (C=O) groups is 7. The van der Waals surface area contributed by atoms with Gasteiger partial charge in [0.15, 0.2) is 0 Å². The Bertz CT molecular complexity index is 893. The molecule has 5 atom stereocenters. The van der Waals surface area contributed by atoms with E-state index in [1.54, 1.807) is 13.8 Å². The number of carbonyl (C=O) groups excluding carboxylic acids is 5. The van der Waals surface area contributed by atoms with Crippen LogP contribution in [0.3, 0.4) is 0 Å². The molecule has 15 heteroatoms. The topological polar surface area (TPSA) is 246 Å². The second-order valence-electron chi connectivity index (χ2n) is 9.70. The molecule has 0 unspecified atom stereocenters. The van der Waals surface area contributed by atoms with Gasteiger partial charge in [0.25, 0.3) is 0 Å². The van der Waals surface area contributed by atoms with Gasteiger partial charge in [-0.25, -0.2) is 4.79 Å². The Hall–Kier alpha value is -3.75. The molecule has 5 amide bonds. The fourth-order valence-corrected chi connectivity index (χ4v) is 3.12. The third-order valence-electron chi connectivity index (χ3n) is 5.25. The van der Waals surface area contributed by atoms with E-state index in [0.29, 0.717) is 6.42 Å². The van der Waals surface area contributed by atoms with Crippen molar-refractivity contribution in [3.05, 3.63) is 0 Å². The monoisotopic (exact) mass is 544 g/mol. The molecular weight excluding hydrogens is 504 g/mol. The molecule has 216 valence electrons. The van der Waals surface area contributed by atoms with E-state index in [2.05, 4.69) is 21.3 Å². The number of carboxylic acid groups (broad SMARTS) is 2. The van der Waals surface area contributed by atoms with Gasteiger partial charge in [-0.15, -0.1) is 0 Å². The predicted octanol–water partition coefficient (Wildman–Crippen LogP) is -2.33. The van der Waals surface area contributed by atoms with E-state index >= 15 is 0 Å². The quantitative estimate of drug-likeness (QED) is 0.103. The molecule has 0 rings (SSSR count). The zero-order chi connectivity index (χ0) is 29.7. The summed E-state index contributed by atoms with van der Waals surface area (Å²) in [5.41, 5.74) is 5.83. The first kappa shape index (κ1) is 34.2. The molecule has 0 saturated carbocycles. The SMILES string of the molecule is CC(C)C[C@H](N)C(=O)N[C@@H](C)C(=O)N[C@H](C(=O)N[C@@H](C)C(=O)NCC(=O)N[C@@H](CC(=O)O)C(=O)O)C(C)C. The van der Waals surface area contributed by atoms with Crippen LogP contribution in [-0.2, 0) is 33.6 Å². The van der Waals surface area contributed by atoms with E-state index in [-0.39, 0.29) is 5.92 Å². The van der Waals surface area contributed by atoms with Gasteiger partial charge in [-0.05, 0) is 32.1 Å². The summed E-state index contributed by atoms with van der Waals surface area (Å²) in [4.78, 5) is 83.5. The maximum absolute atomic E-state index is 12.8. The lowest BCUT2D eigenvalue weighted by molar-refractivity contribution is -0.147. The van der Waals surface area contributed by atoms with Crippen LogP contribution in [0.2, 0.25) is 0 Å². The van der Waals surface area contributed by atoms with Crippen LogP contribution in [0.25, 0.3) is 0 Å². The smallest absolute Gasteiger partial charge is 0.326 e. The van der Waals surface area contributed by atoms with Gasteiger partial charge < -0.3 is 42.5 Å². The average molecular weight is 545 g/mol. The van der Waals surface area contributed by atoms with Crippen molar-refractivity contribution in [2.45, 2.75) is 84.6 Å². The van der Waals surface area contributed by atoms with E-state index in [1.807, 2.05) is 19.2 Å². The zero-order valence-electron chi connectivity index (χ0n) is 22.5. The Kier molecular flexibility index (Phi) is 14.6. The summed E-state index contributed by atoms with van der Waals surface area (Å²) in [5.74, 6) is -6.75. The molecule has 0 fully saturated rings. The molecule has 0 spiro atoms. The summed E-state index contributed by atoms with van der Waals surface area (Å²) in [5, 5.41) is 29.3. The van der Waals surface area contributed by atoms with Crippen LogP contribution in [-0.4, -0.2) is 88.4 Å². The van der Waals surface area contributed by atoms with Crippen molar-refractivity contribution in [2.24, 2.45) is 17.6 Å². The number of carboxylic acids is 2. The highest BCUT2D eigenvalue weighted by Gasteiger charge is 2.30. The van der Waals surface area contributed by atoms with Gasteiger partial charge in [0.2, 0.25) is 29.5 Å². The minimum Gasteiger partial charge on any atom is -0.481 e. The molecule has 0 aromatic heterocycles. The van der Waals surface area contributed by atoms with Crippen molar-refractivity contribution in [3.63, 3.8) is 0 Å². The summed E-state index contributed by atoms with van der Waals surface area (Å²) in [6, 6.07) is -5.65. The average Bonchev–Trinajstić information content (AvgIpc) is 2.78. The van der Waals surface area contributed by atoms with E-state index in [4.69, 9.17) is 15.9 Å². The summed E-state index contributed by atoms with van der Waals surface area (Å²) < 4.78 is 0. The molecule has 0 aromatic carbocycles. The highest BCUT2D eigenvalue weighted by atomic mass is 16.4. The molecule has 38 heavy (non-hydrogen) atoms. The van der Waals surface area contributed by atoms with Gasteiger partial charge >= 0.3 is 11.9 Å². The number of nitrogens with one attached hydrogen (secondary N) is 5. The fraction of sp³-hybridized carbons (Fsp3) is 0.696. The number of rotatable bonds is 16. The van der Waals surface area contributed by atoms with E-state index in [0.717, 1.165) is 0 Å². The van der Waals surface area contributed by atoms with Crippen LogP contribution in [0.1, 0.15) is 54.4 Å². The van der Waals surface area contributed by atoms with Gasteiger partial charge in [-0.2, -0.15) is 0 Å². The van der Waals surface area contributed by atoms with Crippen LogP contribution >= 0.6 is 0 Å². The van der Waals surface area contributed by atoms with Gasteiger partial charge in [-0.1, -0.05) is 27.7 Å². The van der Waals surface area contributed by atoms with E-state index in [1.165, 1.54) is 13.8 Å².